The third kappa shape index (κ3) is 3.62. The summed E-state index contributed by atoms with van der Waals surface area (Å²) >= 11 is 3.02. The molecule has 0 saturated carbocycles. The standard InChI is InChI=1S/C16H16N4OS2/c1-11(15(21)17-12-7-4-3-5-8-12)23-16-19-18-14(20(16)2)13-9-6-10-22-13/h3-11H,1-2H3,(H,17,21). The second-order valence-corrected chi connectivity index (χ2v) is 7.21. The van der Waals surface area contributed by atoms with Gasteiger partial charge < -0.3 is 9.88 Å². The first-order valence-electron chi connectivity index (χ1n) is 7.11. The summed E-state index contributed by atoms with van der Waals surface area (Å²) in [5.41, 5.74) is 0.794. The molecule has 1 atom stereocenters. The van der Waals surface area contributed by atoms with Gasteiger partial charge in [-0.25, -0.2) is 0 Å². The lowest BCUT2D eigenvalue weighted by molar-refractivity contribution is -0.115. The number of rotatable bonds is 5. The maximum Gasteiger partial charge on any atom is 0.237 e. The average Bonchev–Trinajstić information content (AvgIpc) is 3.19. The number of thiophene rings is 1. The van der Waals surface area contributed by atoms with E-state index in [1.54, 1.807) is 11.3 Å². The van der Waals surface area contributed by atoms with E-state index < -0.39 is 0 Å². The fourth-order valence-electron chi connectivity index (χ4n) is 2.01. The fraction of sp³-hybridized carbons (Fsp3) is 0.188. The van der Waals surface area contributed by atoms with Gasteiger partial charge in [-0.1, -0.05) is 36.0 Å². The molecule has 0 aliphatic carbocycles. The zero-order valence-electron chi connectivity index (χ0n) is 12.8. The molecule has 2 aromatic heterocycles. The average molecular weight is 344 g/mol. The largest absolute Gasteiger partial charge is 0.325 e. The molecule has 3 aromatic rings. The van der Waals surface area contributed by atoms with Crippen molar-refractivity contribution in [1.29, 1.82) is 0 Å². The number of aromatic nitrogens is 3. The Hall–Kier alpha value is -2.12. The lowest BCUT2D eigenvalue weighted by atomic mass is 10.3. The van der Waals surface area contributed by atoms with Gasteiger partial charge in [0.05, 0.1) is 10.1 Å². The molecule has 1 amide bonds. The molecule has 2 heterocycles. The number of benzene rings is 1. The van der Waals surface area contributed by atoms with Crippen molar-refractivity contribution in [2.24, 2.45) is 7.05 Å². The van der Waals surface area contributed by atoms with E-state index in [0.29, 0.717) is 0 Å². The predicted molar refractivity (Wildman–Crippen MR) is 94.7 cm³/mol. The molecule has 0 bridgehead atoms. The Kier molecular flexibility index (Phi) is 4.78. The molecule has 0 aliphatic rings. The van der Waals surface area contributed by atoms with E-state index in [-0.39, 0.29) is 11.2 Å². The van der Waals surface area contributed by atoms with Crippen molar-refractivity contribution in [3.8, 4) is 10.7 Å². The molecule has 3 rings (SSSR count). The third-order valence-corrected chi connectivity index (χ3v) is 5.27. The molecule has 0 aliphatic heterocycles. The van der Waals surface area contributed by atoms with E-state index in [0.717, 1.165) is 21.5 Å². The zero-order valence-corrected chi connectivity index (χ0v) is 14.4. The number of nitrogens with one attached hydrogen (secondary N) is 1. The number of hydrogen-bond acceptors (Lipinski definition) is 5. The minimum absolute atomic E-state index is 0.0538. The molecule has 0 fully saturated rings. The Bertz CT molecular complexity index is 784. The lowest BCUT2D eigenvalue weighted by Crippen LogP contribution is -2.22. The van der Waals surface area contributed by atoms with Gasteiger partial charge in [0.1, 0.15) is 0 Å². The number of para-hydroxylation sites is 1. The topological polar surface area (TPSA) is 59.8 Å². The predicted octanol–water partition coefficient (Wildman–Crippen LogP) is 3.66. The molecule has 118 valence electrons. The van der Waals surface area contributed by atoms with E-state index in [1.807, 2.05) is 66.4 Å². The van der Waals surface area contributed by atoms with Crippen molar-refractivity contribution < 1.29 is 4.79 Å². The monoisotopic (exact) mass is 344 g/mol. The Labute approximate surface area is 142 Å². The van der Waals surface area contributed by atoms with Gasteiger partial charge in [0.2, 0.25) is 5.91 Å². The van der Waals surface area contributed by atoms with Crippen molar-refractivity contribution in [2.75, 3.05) is 5.32 Å². The highest BCUT2D eigenvalue weighted by Gasteiger charge is 2.19. The quantitative estimate of drug-likeness (QED) is 0.718. The second-order valence-electron chi connectivity index (χ2n) is 4.96. The van der Waals surface area contributed by atoms with Gasteiger partial charge in [0.25, 0.3) is 0 Å². The Balaban J connectivity index is 1.68. The summed E-state index contributed by atoms with van der Waals surface area (Å²) in [6, 6.07) is 13.4. The maximum absolute atomic E-state index is 12.3. The van der Waals surface area contributed by atoms with E-state index in [9.17, 15) is 4.79 Å². The Morgan fingerprint density at radius 3 is 2.70 bits per heavy atom. The minimum Gasteiger partial charge on any atom is -0.325 e. The van der Waals surface area contributed by atoms with Gasteiger partial charge in [-0.05, 0) is 30.5 Å². The molecule has 7 heteroatoms. The van der Waals surface area contributed by atoms with Crippen LogP contribution in [-0.2, 0) is 11.8 Å². The van der Waals surface area contributed by atoms with E-state index >= 15 is 0 Å². The van der Waals surface area contributed by atoms with Crippen LogP contribution >= 0.6 is 23.1 Å². The van der Waals surface area contributed by atoms with Crippen LogP contribution in [0.2, 0.25) is 0 Å². The molecule has 5 nitrogen and oxygen atoms in total. The zero-order chi connectivity index (χ0) is 16.2. The van der Waals surface area contributed by atoms with E-state index in [1.165, 1.54) is 11.8 Å². The first kappa shape index (κ1) is 15.8. The van der Waals surface area contributed by atoms with Gasteiger partial charge in [-0.3, -0.25) is 4.79 Å². The minimum atomic E-state index is -0.269. The van der Waals surface area contributed by atoms with Gasteiger partial charge in [-0.2, -0.15) is 0 Å². The van der Waals surface area contributed by atoms with Crippen molar-refractivity contribution >= 4 is 34.7 Å². The normalized spacial score (nSPS) is 12.1. The van der Waals surface area contributed by atoms with E-state index in [2.05, 4.69) is 15.5 Å². The Morgan fingerprint density at radius 2 is 2.00 bits per heavy atom. The van der Waals surface area contributed by atoms with Crippen LogP contribution < -0.4 is 5.32 Å². The van der Waals surface area contributed by atoms with Crippen molar-refractivity contribution in [2.45, 2.75) is 17.3 Å². The molecule has 23 heavy (non-hydrogen) atoms. The second kappa shape index (κ2) is 6.97. The van der Waals surface area contributed by atoms with Gasteiger partial charge in [0, 0.05) is 12.7 Å². The SMILES string of the molecule is CC(Sc1nnc(-c2cccs2)n1C)C(=O)Nc1ccccc1. The molecular formula is C16H16N4OS2. The van der Waals surface area contributed by atoms with Crippen LogP contribution in [0.5, 0.6) is 0 Å². The summed E-state index contributed by atoms with van der Waals surface area (Å²) in [7, 11) is 1.92. The summed E-state index contributed by atoms with van der Waals surface area (Å²) in [5, 5.41) is 13.8. The summed E-state index contributed by atoms with van der Waals surface area (Å²) in [6.45, 7) is 1.86. The lowest BCUT2D eigenvalue weighted by Gasteiger charge is -2.11. The molecular weight excluding hydrogens is 328 g/mol. The highest BCUT2D eigenvalue weighted by atomic mass is 32.2. The number of carbonyl (C=O) groups is 1. The molecule has 0 saturated heterocycles. The molecule has 0 radical (unpaired) electrons. The van der Waals surface area contributed by atoms with Gasteiger partial charge in [0.15, 0.2) is 11.0 Å². The fourth-order valence-corrected chi connectivity index (χ4v) is 3.57. The number of amides is 1. The van der Waals surface area contributed by atoms with E-state index in [4.69, 9.17) is 0 Å². The van der Waals surface area contributed by atoms with Gasteiger partial charge >= 0.3 is 0 Å². The molecule has 0 spiro atoms. The number of nitrogens with zero attached hydrogens (tertiary/aromatic N) is 3. The maximum atomic E-state index is 12.3. The van der Waals surface area contributed by atoms with Crippen molar-refractivity contribution in [3.05, 3.63) is 47.8 Å². The van der Waals surface area contributed by atoms with Crippen LogP contribution in [0.15, 0.2) is 53.0 Å². The summed E-state index contributed by atoms with van der Waals surface area (Å²) in [6.07, 6.45) is 0. The molecule has 1 unspecified atom stereocenters. The Morgan fingerprint density at radius 1 is 1.22 bits per heavy atom. The number of hydrogen-bond donors (Lipinski definition) is 1. The highest BCUT2D eigenvalue weighted by molar-refractivity contribution is 8.00. The van der Waals surface area contributed by atoms with Crippen molar-refractivity contribution in [1.82, 2.24) is 14.8 Å². The first-order chi connectivity index (χ1) is 11.1. The van der Waals surface area contributed by atoms with Crippen LogP contribution in [0, 0.1) is 0 Å². The van der Waals surface area contributed by atoms with Crippen LogP contribution in [0.3, 0.4) is 0 Å². The highest BCUT2D eigenvalue weighted by Crippen LogP contribution is 2.28. The van der Waals surface area contributed by atoms with Crippen LogP contribution in [-0.4, -0.2) is 25.9 Å². The number of anilines is 1. The number of carbonyl (C=O) groups excluding carboxylic acids is 1. The molecule has 1 aromatic carbocycles. The number of thioether (sulfide) groups is 1. The smallest absolute Gasteiger partial charge is 0.237 e. The van der Waals surface area contributed by atoms with Crippen molar-refractivity contribution in [3.63, 3.8) is 0 Å². The first-order valence-corrected chi connectivity index (χ1v) is 8.87. The summed E-state index contributed by atoms with van der Waals surface area (Å²) in [5.74, 6) is 0.764. The van der Waals surface area contributed by atoms with Crippen LogP contribution in [0.25, 0.3) is 10.7 Å². The van der Waals surface area contributed by atoms with Crippen LogP contribution in [0.1, 0.15) is 6.92 Å². The van der Waals surface area contributed by atoms with Crippen LogP contribution in [0.4, 0.5) is 5.69 Å². The summed E-state index contributed by atoms with van der Waals surface area (Å²) < 4.78 is 1.92. The summed E-state index contributed by atoms with van der Waals surface area (Å²) in [4.78, 5) is 13.3. The third-order valence-electron chi connectivity index (χ3n) is 3.27. The molecule has 1 N–H and O–H groups in total. The van der Waals surface area contributed by atoms with Gasteiger partial charge in [-0.15, -0.1) is 21.5 Å².